The fourth-order valence-corrected chi connectivity index (χ4v) is 2.67. The van der Waals surface area contributed by atoms with Crippen molar-refractivity contribution in [1.82, 2.24) is 15.6 Å². The van der Waals surface area contributed by atoms with Crippen molar-refractivity contribution in [2.24, 2.45) is 5.10 Å². The Hall–Kier alpha value is -2.94. The molecule has 0 saturated heterocycles. The molecule has 2 N–H and O–H groups in total. The summed E-state index contributed by atoms with van der Waals surface area (Å²) in [5, 5.41) is 12.3. The number of nitrogens with zero attached hydrogens (tertiary/aromatic N) is 2. The van der Waals surface area contributed by atoms with Gasteiger partial charge in [-0.2, -0.15) is 23.4 Å². The van der Waals surface area contributed by atoms with Crippen LogP contribution >= 0.6 is 11.3 Å². The lowest BCUT2D eigenvalue weighted by molar-refractivity contribution is -0.137. The zero-order chi connectivity index (χ0) is 17.9. The minimum atomic E-state index is -4.38. The number of amides is 1. The highest BCUT2D eigenvalue weighted by Gasteiger charge is 2.29. The highest BCUT2D eigenvalue weighted by Crippen LogP contribution is 2.28. The smallest absolute Gasteiger partial charge is 0.276 e. The summed E-state index contributed by atoms with van der Waals surface area (Å²) in [5.41, 5.74) is 2.84. The number of nitrogens with one attached hydrogen (secondary N) is 2. The molecule has 2 heterocycles. The molecule has 0 radical (unpaired) electrons. The van der Waals surface area contributed by atoms with Crippen molar-refractivity contribution >= 4 is 23.5 Å². The van der Waals surface area contributed by atoms with Gasteiger partial charge >= 0.3 is 6.18 Å². The molecule has 5 nitrogen and oxygen atoms in total. The van der Waals surface area contributed by atoms with Gasteiger partial charge < -0.3 is 0 Å². The first-order valence-corrected chi connectivity index (χ1v) is 7.91. The molecule has 0 bridgehead atoms. The van der Waals surface area contributed by atoms with Gasteiger partial charge in [0.15, 0.2) is 5.69 Å². The second kappa shape index (κ2) is 6.89. The Labute approximate surface area is 144 Å². The van der Waals surface area contributed by atoms with E-state index in [0.717, 1.165) is 17.0 Å². The Morgan fingerprint density at radius 1 is 1.24 bits per heavy atom. The second-order valence-corrected chi connectivity index (χ2v) is 5.91. The lowest BCUT2D eigenvalue weighted by atomic mass is 10.1. The van der Waals surface area contributed by atoms with E-state index in [-0.39, 0.29) is 5.69 Å². The molecule has 1 aromatic carbocycles. The van der Waals surface area contributed by atoms with E-state index < -0.39 is 17.6 Å². The van der Waals surface area contributed by atoms with Gasteiger partial charge in [0.1, 0.15) is 0 Å². The monoisotopic (exact) mass is 364 g/mol. The molecule has 9 heteroatoms. The van der Waals surface area contributed by atoms with Gasteiger partial charge in [-0.15, -0.1) is 11.3 Å². The molecule has 0 atom stereocenters. The molecule has 2 aromatic heterocycles. The molecule has 0 fully saturated rings. The van der Waals surface area contributed by atoms with Crippen LogP contribution in [0.2, 0.25) is 0 Å². The molecule has 0 aliphatic rings. The summed E-state index contributed by atoms with van der Waals surface area (Å²) in [6.45, 7) is 0. The van der Waals surface area contributed by atoms with E-state index in [1.165, 1.54) is 29.7 Å². The van der Waals surface area contributed by atoms with E-state index in [4.69, 9.17) is 0 Å². The number of hydrazone groups is 1. The van der Waals surface area contributed by atoms with Crippen molar-refractivity contribution in [1.29, 1.82) is 0 Å². The summed E-state index contributed by atoms with van der Waals surface area (Å²) in [4.78, 5) is 12.9. The van der Waals surface area contributed by atoms with Gasteiger partial charge in [-0.1, -0.05) is 18.2 Å². The first-order valence-electron chi connectivity index (χ1n) is 7.03. The summed E-state index contributed by atoms with van der Waals surface area (Å²) < 4.78 is 37.4. The van der Waals surface area contributed by atoms with Crippen LogP contribution in [0.25, 0.3) is 10.6 Å². The average Bonchev–Trinajstić information content (AvgIpc) is 3.25. The predicted molar refractivity (Wildman–Crippen MR) is 88.4 cm³/mol. The lowest BCUT2D eigenvalue weighted by Crippen LogP contribution is -2.18. The lowest BCUT2D eigenvalue weighted by Gasteiger charge is -2.05. The standard InChI is InChI=1S/C16H11F3N4OS/c17-16(18,19)11-5-3-10(4-6-11)9-20-23-15(24)13-8-12(21-22-13)14-2-1-7-25-14/h1-9H,(H,21,22)(H,23,24). The summed E-state index contributed by atoms with van der Waals surface area (Å²) in [5.74, 6) is -0.526. The van der Waals surface area contributed by atoms with E-state index in [0.29, 0.717) is 11.3 Å². The number of rotatable bonds is 4. The van der Waals surface area contributed by atoms with E-state index in [1.807, 2.05) is 17.5 Å². The molecule has 1 amide bonds. The zero-order valence-electron chi connectivity index (χ0n) is 12.5. The van der Waals surface area contributed by atoms with Gasteiger partial charge in [0.2, 0.25) is 0 Å². The number of aromatic amines is 1. The van der Waals surface area contributed by atoms with E-state index in [1.54, 1.807) is 6.07 Å². The molecule has 0 unspecified atom stereocenters. The highest BCUT2D eigenvalue weighted by molar-refractivity contribution is 7.13. The zero-order valence-corrected chi connectivity index (χ0v) is 13.4. The summed E-state index contributed by atoms with van der Waals surface area (Å²) >= 11 is 1.51. The van der Waals surface area contributed by atoms with Gasteiger partial charge in [0.25, 0.3) is 5.91 Å². The number of halogens is 3. The van der Waals surface area contributed by atoms with E-state index in [9.17, 15) is 18.0 Å². The minimum Gasteiger partial charge on any atom is -0.276 e. The molecule has 0 saturated carbocycles. The van der Waals surface area contributed by atoms with Gasteiger partial charge in [0, 0.05) is 0 Å². The maximum atomic E-state index is 12.5. The van der Waals surface area contributed by atoms with Crippen LogP contribution in [0.15, 0.2) is 52.9 Å². The molecule has 0 spiro atoms. The summed E-state index contributed by atoms with van der Waals surface area (Å²) in [6, 6.07) is 9.80. The van der Waals surface area contributed by atoms with Crippen LogP contribution in [-0.2, 0) is 6.18 Å². The van der Waals surface area contributed by atoms with Crippen LogP contribution in [0.3, 0.4) is 0 Å². The van der Waals surface area contributed by atoms with Crippen molar-refractivity contribution in [2.75, 3.05) is 0 Å². The first kappa shape index (κ1) is 16.9. The normalized spacial score (nSPS) is 11.8. The Morgan fingerprint density at radius 2 is 2.00 bits per heavy atom. The number of hydrogen-bond acceptors (Lipinski definition) is 4. The van der Waals surface area contributed by atoms with Crippen LogP contribution in [0.4, 0.5) is 13.2 Å². The molecule has 25 heavy (non-hydrogen) atoms. The maximum absolute atomic E-state index is 12.5. The average molecular weight is 364 g/mol. The van der Waals surface area contributed by atoms with Crippen LogP contribution < -0.4 is 5.43 Å². The molecule has 0 aliphatic heterocycles. The van der Waals surface area contributed by atoms with Gasteiger partial charge in [-0.25, -0.2) is 5.43 Å². The van der Waals surface area contributed by atoms with Crippen LogP contribution in [0.5, 0.6) is 0 Å². The summed E-state index contributed by atoms with van der Waals surface area (Å²) in [7, 11) is 0. The van der Waals surface area contributed by atoms with Crippen molar-refractivity contribution in [2.45, 2.75) is 6.18 Å². The number of carbonyl (C=O) groups excluding carboxylic acids is 1. The third kappa shape index (κ3) is 4.13. The molecular weight excluding hydrogens is 353 g/mol. The number of aromatic nitrogens is 2. The fraction of sp³-hybridized carbons (Fsp3) is 0.0625. The van der Waals surface area contributed by atoms with Crippen LogP contribution in [-0.4, -0.2) is 22.3 Å². The number of alkyl halides is 3. The SMILES string of the molecule is O=C(NN=Cc1ccc(C(F)(F)F)cc1)c1cc(-c2cccs2)[nH]n1. The number of carbonyl (C=O) groups is 1. The Bertz CT molecular complexity index is 883. The molecule has 3 rings (SSSR count). The van der Waals surface area contributed by atoms with Crippen LogP contribution in [0.1, 0.15) is 21.6 Å². The third-order valence-corrected chi connectivity index (χ3v) is 4.12. The Kier molecular flexibility index (Phi) is 4.66. The summed E-state index contributed by atoms with van der Waals surface area (Å²) in [6.07, 6.45) is -3.13. The molecule has 128 valence electrons. The quantitative estimate of drug-likeness (QED) is 0.544. The first-order chi connectivity index (χ1) is 11.9. The minimum absolute atomic E-state index is 0.160. The van der Waals surface area contributed by atoms with Crippen molar-refractivity contribution in [3.05, 3.63) is 64.7 Å². The highest BCUT2D eigenvalue weighted by atomic mass is 32.1. The molecule has 3 aromatic rings. The number of H-pyrrole nitrogens is 1. The maximum Gasteiger partial charge on any atom is 0.416 e. The van der Waals surface area contributed by atoms with Crippen molar-refractivity contribution in [3.8, 4) is 10.6 Å². The van der Waals surface area contributed by atoms with Gasteiger partial charge in [-0.3, -0.25) is 9.89 Å². The molecular formula is C16H11F3N4OS. The number of benzene rings is 1. The third-order valence-electron chi connectivity index (χ3n) is 3.21. The van der Waals surface area contributed by atoms with Crippen molar-refractivity contribution in [3.63, 3.8) is 0 Å². The van der Waals surface area contributed by atoms with E-state index >= 15 is 0 Å². The van der Waals surface area contributed by atoms with Crippen molar-refractivity contribution < 1.29 is 18.0 Å². The fourth-order valence-electron chi connectivity index (χ4n) is 1.98. The largest absolute Gasteiger partial charge is 0.416 e. The topological polar surface area (TPSA) is 70.1 Å². The van der Waals surface area contributed by atoms with Gasteiger partial charge in [0.05, 0.1) is 22.3 Å². The number of hydrogen-bond donors (Lipinski definition) is 2. The van der Waals surface area contributed by atoms with E-state index in [2.05, 4.69) is 20.7 Å². The predicted octanol–water partition coefficient (Wildman–Crippen LogP) is 3.92. The Balaban J connectivity index is 1.61. The molecule has 0 aliphatic carbocycles. The van der Waals surface area contributed by atoms with Crippen LogP contribution in [0, 0.1) is 0 Å². The second-order valence-electron chi connectivity index (χ2n) is 4.96. The Morgan fingerprint density at radius 3 is 2.64 bits per heavy atom. The number of thiophene rings is 1. The van der Waals surface area contributed by atoms with Gasteiger partial charge in [-0.05, 0) is 35.2 Å².